The molecule has 2 aliphatic heterocycles. The summed E-state index contributed by atoms with van der Waals surface area (Å²) in [6, 6.07) is 0.125. The number of amides is 2. The van der Waals surface area contributed by atoms with E-state index in [4.69, 9.17) is 10.6 Å². The summed E-state index contributed by atoms with van der Waals surface area (Å²) in [5.74, 6) is 4.98. The monoisotopic (exact) mass is 299 g/mol. The number of carbonyl (C=O) groups excluding carboxylic acids is 2. The third kappa shape index (κ3) is 3.85. The predicted octanol–water partition coefficient (Wildman–Crippen LogP) is 0.736. The van der Waals surface area contributed by atoms with Gasteiger partial charge in [0.1, 0.15) is 0 Å². The van der Waals surface area contributed by atoms with E-state index in [-0.39, 0.29) is 17.9 Å². The van der Waals surface area contributed by atoms with E-state index in [9.17, 15) is 9.59 Å². The highest BCUT2D eigenvalue weighted by atomic mass is 16.7. The van der Waals surface area contributed by atoms with Gasteiger partial charge in [-0.2, -0.15) is 5.90 Å². The summed E-state index contributed by atoms with van der Waals surface area (Å²) in [4.78, 5) is 32.2. The van der Waals surface area contributed by atoms with Crippen LogP contribution in [0, 0.1) is 5.92 Å². The molecule has 0 bridgehead atoms. The summed E-state index contributed by atoms with van der Waals surface area (Å²) < 4.78 is 5.27. The summed E-state index contributed by atoms with van der Waals surface area (Å²) in [7, 11) is 0. The zero-order valence-electron chi connectivity index (χ0n) is 12.6. The number of nitrogens with zero attached hydrogens (tertiary/aromatic N) is 2. The molecule has 0 spiro atoms. The first-order valence-electron chi connectivity index (χ1n) is 7.71. The van der Waals surface area contributed by atoms with E-state index in [0.29, 0.717) is 32.8 Å². The number of piperidine rings is 1. The molecule has 0 aromatic heterocycles. The Labute approximate surface area is 125 Å². The lowest BCUT2D eigenvalue weighted by Crippen LogP contribution is -2.53. The van der Waals surface area contributed by atoms with Crippen molar-refractivity contribution in [3.63, 3.8) is 0 Å². The Kier molecular flexibility index (Phi) is 5.81. The smallest absolute Gasteiger partial charge is 0.378 e. The minimum absolute atomic E-state index is 0.114. The molecule has 2 N–H and O–H groups in total. The maximum Gasteiger partial charge on any atom is 0.428 e. The maximum absolute atomic E-state index is 12.5. The first kappa shape index (κ1) is 16.0. The highest BCUT2D eigenvalue weighted by Crippen LogP contribution is 2.27. The van der Waals surface area contributed by atoms with E-state index in [0.717, 1.165) is 25.7 Å². The Balaban J connectivity index is 1.99. The minimum Gasteiger partial charge on any atom is -0.378 e. The zero-order valence-corrected chi connectivity index (χ0v) is 12.6. The average Bonchev–Trinajstić information content (AvgIpc) is 2.55. The number of rotatable bonds is 3. The van der Waals surface area contributed by atoms with E-state index in [1.165, 1.54) is 0 Å². The molecule has 21 heavy (non-hydrogen) atoms. The van der Waals surface area contributed by atoms with Gasteiger partial charge in [0.05, 0.1) is 19.1 Å². The first-order chi connectivity index (χ1) is 10.2. The van der Waals surface area contributed by atoms with Crippen LogP contribution >= 0.6 is 0 Å². The van der Waals surface area contributed by atoms with Crippen LogP contribution in [0.25, 0.3) is 0 Å². The summed E-state index contributed by atoms with van der Waals surface area (Å²) in [5.41, 5.74) is 0. The van der Waals surface area contributed by atoms with Crippen LogP contribution in [0.2, 0.25) is 0 Å². The molecule has 2 heterocycles. The van der Waals surface area contributed by atoms with E-state index < -0.39 is 6.09 Å². The van der Waals surface area contributed by atoms with Gasteiger partial charge in [0.15, 0.2) is 0 Å². The Bertz CT molecular complexity index is 371. The fourth-order valence-electron chi connectivity index (χ4n) is 3.20. The van der Waals surface area contributed by atoms with E-state index >= 15 is 0 Å². The fraction of sp³-hybridized carbons (Fsp3) is 0.857. The number of morpholine rings is 1. The summed E-state index contributed by atoms with van der Waals surface area (Å²) in [6.45, 7) is 4.93. The lowest BCUT2D eigenvalue weighted by atomic mass is 9.90. The molecule has 0 aromatic rings. The van der Waals surface area contributed by atoms with Crippen LogP contribution in [0.3, 0.4) is 0 Å². The van der Waals surface area contributed by atoms with Crippen molar-refractivity contribution in [3.05, 3.63) is 0 Å². The predicted molar refractivity (Wildman–Crippen MR) is 76.2 cm³/mol. The summed E-state index contributed by atoms with van der Waals surface area (Å²) in [6.07, 6.45) is 3.00. The molecule has 120 valence electrons. The second kappa shape index (κ2) is 7.61. The molecular weight excluding hydrogens is 274 g/mol. The SMILES string of the molecule is CCCC1CCC(C(=O)N2CCOCC2)CN1C(=O)ON. The number of carbonyl (C=O) groups is 2. The largest absolute Gasteiger partial charge is 0.428 e. The van der Waals surface area contributed by atoms with Gasteiger partial charge in [0, 0.05) is 25.7 Å². The van der Waals surface area contributed by atoms with Crippen LogP contribution in [-0.2, 0) is 14.4 Å². The van der Waals surface area contributed by atoms with Crippen molar-refractivity contribution in [2.45, 2.75) is 38.6 Å². The molecule has 2 saturated heterocycles. The normalized spacial score (nSPS) is 26.6. The molecule has 2 fully saturated rings. The molecule has 0 saturated carbocycles. The van der Waals surface area contributed by atoms with Gasteiger partial charge in [-0.25, -0.2) is 4.79 Å². The molecule has 2 unspecified atom stereocenters. The zero-order chi connectivity index (χ0) is 15.2. The van der Waals surface area contributed by atoms with Crippen LogP contribution in [0.4, 0.5) is 4.79 Å². The molecule has 0 aromatic carbocycles. The van der Waals surface area contributed by atoms with Crippen molar-refractivity contribution >= 4 is 12.0 Å². The number of likely N-dealkylation sites (tertiary alicyclic amines) is 1. The van der Waals surface area contributed by atoms with Crippen molar-refractivity contribution < 1.29 is 19.2 Å². The van der Waals surface area contributed by atoms with Gasteiger partial charge in [-0.1, -0.05) is 13.3 Å². The number of nitrogens with two attached hydrogens (primary N) is 1. The van der Waals surface area contributed by atoms with Crippen molar-refractivity contribution in [1.82, 2.24) is 9.80 Å². The van der Waals surface area contributed by atoms with Gasteiger partial charge < -0.3 is 19.4 Å². The van der Waals surface area contributed by atoms with Crippen molar-refractivity contribution in [2.24, 2.45) is 11.8 Å². The molecule has 0 aliphatic carbocycles. The third-order valence-corrected chi connectivity index (χ3v) is 4.34. The molecule has 2 rings (SSSR count). The van der Waals surface area contributed by atoms with Gasteiger partial charge >= 0.3 is 6.09 Å². The molecule has 2 amide bonds. The number of ether oxygens (including phenoxy) is 1. The van der Waals surface area contributed by atoms with E-state index in [1.807, 2.05) is 4.90 Å². The molecule has 2 aliphatic rings. The standard InChI is InChI=1S/C14H25N3O4/c1-2-3-12-5-4-11(10-17(12)14(19)21-15)13(18)16-6-8-20-9-7-16/h11-12H,2-10,15H2,1H3. The van der Waals surface area contributed by atoms with Crippen LogP contribution in [-0.4, -0.2) is 60.7 Å². The lowest BCUT2D eigenvalue weighted by Gasteiger charge is -2.40. The summed E-state index contributed by atoms with van der Waals surface area (Å²) >= 11 is 0. The first-order valence-corrected chi connectivity index (χ1v) is 7.71. The van der Waals surface area contributed by atoms with Crippen LogP contribution < -0.4 is 5.90 Å². The Morgan fingerprint density at radius 1 is 1.29 bits per heavy atom. The van der Waals surface area contributed by atoms with Gasteiger partial charge in [0.25, 0.3) is 0 Å². The maximum atomic E-state index is 12.5. The molecular formula is C14H25N3O4. The second-order valence-corrected chi connectivity index (χ2v) is 5.69. The summed E-state index contributed by atoms with van der Waals surface area (Å²) in [5, 5.41) is 0. The quantitative estimate of drug-likeness (QED) is 0.777. The molecule has 7 nitrogen and oxygen atoms in total. The minimum atomic E-state index is -0.534. The van der Waals surface area contributed by atoms with Gasteiger partial charge in [0.2, 0.25) is 5.91 Å². The Morgan fingerprint density at radius 2 is 2.00 bits per heavy atom. The molecule has 7 heteroatoms. The van der Waals surface area contributed by atoms with Crippen LogP contribution in [0.1, 0.15) is 32.6 Å². The van der Waals surface area contributed by atoms with Gasteiger partial charge in [-0.3, -0.25) is 4.79 Å². The second-order valence-electron chi connectivity index (χ2n) is 5.69. The molecule has 2 atom stereocenters. The molecule has 0 radical (unpaired) electrons. The Morgan fingerprint density at radius 3 is 2.62 bits per heavy atom. The van der Waals surface area contributed by atoms with Gasteiger partial charge in [-0.15, -0.1) is 0 Å². The van der Waals surface area contributed by atoms with Crippen molar-refractivity contribution in [2.75, 3.05) is 32.8 Å². The highest BCUT2D eigenvalue weighted by molar-refractivity contribution is 5.80. The van der Waals surface area contributed by atoms with Crippen molar-refractivity contribution in [1.29, 1.82) is 0 Å². The van der Waals surface area contributed by atoms with E-state index in [2.05, 4.69) is 11.8 Å². The highest BCUT2D eigenvalue weighted by Gasteiger charge is 2.36. The van der Waals surface area contributed by atoms with Crippen LogP contribution in [0.5, 0.6) is 0 Å². The fourth-order valence-corrected chi connectivity index (χ4v) is 3.20. The number of hydrogen-bond acceptors (Lipinski definition) is 5. The van der Waals surface area contributed by atoms with Gasteiger partial charge in [-0.05, 0) is 19.3 Å². The average molecular weight is 299 g/mol. The number of hydrogen-bond donors (Lipinski definition) is 1. The van der Waals surface area contributed by atoms with E-state index in [1.54, 1.807) is 4.90 Å². The van der Waals surface area contributed by atoms with Crippen LogP contribution in [0.15, 0.2) is 0 Å². The topological polar surface area (TPSA) is 85.1 Å². The Hall–Kier alpha value is -1.34. The lowest BCUT2D eigenvalue weighted by molar-refractivity contribution is -0.141. The third-order valence-electron chi connectivity index (χ3n) is 4.34. The van der Waals surface area contributed by atoms with Crippen molar-refractivity contribution in [3.8, 4) is 0 Å².